The molecule has 0 bridgehead atoms. The van der Waals surface area contributed by atoms with Crippen molar-refractivity contribution in [1.29, 1.82) is 0 Å². The smallest absolute Gasteiger partial charge is 0.146 e. The lowest BCUT2D eigenvalue weighted by Crippen LogP contribution is -2.44. The van der Waals surface area contributed by atoms with Crippen molar-refractivity contribution in [2.45, 2.75) is 19.3 Å². The summed E-state index contributed by atoms with van der Waals surface area (Å²) in [6, 6.07) is 4.99. The van der Waals surface area contributed by atoms with Gasteiger partial charge in [-0.25, -0.2) is 4.39 Å². The van der Waals surface area contributed by atoms with Crippen LogP contribution in [0.2, 0.25) is 0 Å². The Labute approximate surface area is 110 Å². The molecule has 4 heteroatoms. The standard InChI is InChI=1S/C13H18BrFN2/c1-16-8-13(5-2-6-13)9-17-12-7-10(14)3-4-11(12)15/h3-4,7,16-17H,2,5-6,8-9H2,1H3. The molecule has 2 N–H and O–H groups in total. The third-order valence-electron chi connectivity index (χ3n) is 3.55. The van der Waals surface area contributed by atoms with E-state index in [1.54, 1.807) is 12.1 Å². The number of hydrogen-bond donors (Lipinski definition) is 2. The van der Waals surface area contributed by atoms with Gasteiger partial charge in [-0.1, -0.05) is 22.4 Å². The summed E-state index contributed by atoms with van der Waals surface area (Å²) in [6.07, 6.45) is 3.72. The van der Waals surface area contributed by atoms with Crippen LogP contribution in [-0.2, 0) is 0 Å². The first-order valence-corrected chi connectivity index (χ1v) is 6.78. The molecule has 1 saturated carbocycles. The van der Waals surface area contributed by atoms with Gasteiger partial charge in [-0.3, -0.25) is 0 Å². The van der Waals surface area contributed by atoms with Crippen molar-refractivity contribution in [3.63, 3.8) is 0 Å². The van der Waals surface area contributed by atoms with E-state index in [0.29, 0.717) is 11.1 Å². The summed E-state index contributed by atoms with van der Waals surface area (Å²) >= 11 is 3.36. The van der Waals surface area contributed by atoms with Crippen molar-refractivity contribution in [1.82, 2.24) is 5.32 Å². The zero-order valence-corrected chi connectivity index (χ0v) is 11.6. The second-order valence-electron chi connectivity index (χ2n) is 4.86. The van der Waals surface area contributed by atoms with E-state index in [4.69, 9.17) is 0 Å². The van der Waals surface area contributed by atoms with Crippen LogP contribution in [0.5, 0.6) is 0 Å². The monoisotopic (exact) mass is 300 g/mol. The molecule has 0 radical (unpaired) electrons. The molecule has 0 heterocycles. The molecule has 0 amide bonds. The minimum atomic E-state index is -0.188. The van der Waals surface area contributed by atoms with Crippen LogP contribution in [0.25, 0.3) is 0 Å². The summed E-state index contributed by atoms with van der Waals surface area (Å²) < 4.78 is 14.5. The Morgan fingerprint density at radius 2 is 2.12 bits per heavy atom. The van der Waals surface area contributed by atoms with Crippen LogP contribution >= 0.6 is 15.9 Å². The van der Waals surface area contributed by atoms with E-state index in [0.717, 1.165) is 17.6 Å². The van der Waals surface area contributed by atoms with Gasteiger partial charge < -0.3 is 10.6 Å². The fourth-order valence-corrected chi connectivity index (χ4v) is 2.74. The Morgan fingerprint density at radius 3 is 2.71 bits per heavy atom. The predicted octanol–water partition coefficient (Wildman–Crippen LogP) is 3.39. The van der Waals surface area contributed by atoms with Crippen molar-refractivity contribution in [3.8, 4) is 0 Å². The van der Waals surface area contributed by atoms with E-state index in [1.807, 2.05) is 7.05 Å². The van der Waals surface area contributed by atoms with Crippen LogP contribution in [0.1, 0.15) is 19.3 Å². The summed E-state index contributed by atoms with van der Waals surface area (Å²) in [5.74, 6) is -0.188. The van der Waals surface area contributed by atoms with E-state index >= 15 is 0 Å². The van der Waals surface area contributed by atoms with Gasteiger partial charge in [0.05, 0.1) is 5.69 Å². The maximum Gasteiger partial charge on any atom is 0.146 e. The van der Waals surface area contributed by atoms with Crippen LogP contribution in [0, 0.1) is 11.2 Å². The molecule has 2 nitrogen and oxygen atoms in total. The number of anilines is 1. The van der Waals surface area contributed by atoms with Crippen LogP contribution in [0.3, 0.4) is 0 Å². The fourth-order valence-electron chi connectivity index (χ4n) is 2.38. The SMILES string of the molecule is CNCC1(CNc2cc(Br)ccc2F)CCC1. The number of halogens is 2. The van der Waals surface area contributed by atoms with Crippen molar-refractivity contribution < 1.29 is 4.39 Å². The summed E-state index contributed by atoms with van der Waals surface area (Å²) in [5.41, 5.74) is 0.894. The van der Waals surface area contributed by atoms with Gasteiger partial charge in [-0.05, 0) is 38.1 Å². The molecule has 1 aromatic carbocycles. The quantitative estimate of drug-likeness (QED) is 0.871. The van der Waals surface area contributed by atoms with Crippen molar-refractivity contribution in [2.75, 3.05) is 25.5 Å². The average Bonchev–Trinajstić information content (AvgIpc) is 2.26. The molecule has 0 saturated heterocycles. The normalized spacial score (nSPS) is 17.6. The van der Waals surface area contributed by atoms with E-state index < -0.39 is 0 Å². The van der Waals surface area contributed by atoms with E-state index in [1.165, 1.54) is 25.3 Å². The van der Waals surface area contributed by atoms with Crippen molar-refractivity contribution in [2.24, 2.45) is 5.41 Å². The van der Waals surface area contributed by atoms with Crippen LogP contribution in [0.4, 0.5) is 10.1 Å². The Kier molecular flexibility index (Phi) is 4.05. The molecule has 1 aliphatic rings. The van der Waals surface area contributed by atoms with Crippen LogP contribution < -0.4 is 10.6 Å². The molecule has 0 spiro atoms. The molecule has 0 atom stereocenters. The molecule has 17 heavy (non-hydrogen) atoms. The third kappa shape index (κ3) is 2.99. The summed E-state index contributed by atoms with van der Waals surface area (Å²) in [5, 5.41) is 6.47. The molecular formula is C13H18BrFN2. The molecule has 0 unspecified atom stereocenters. The highest BCUT2D eigenvalue weighted by Gasteiger charge is 2.36. The number of nitrogens with one attached hydrogen (secondary N) is 2. The molecule has 94 valence electrons. The Morgan fingerprint density at radius 1 is 1.35 bits per heavy atom. The molecule has 0 aromatic heterocycles. The molecule has 1 aliphatic carbocycles. The lowest BCUT2D eigenvalue weighted by Gasteiger charge is -2.42. The highest BCUT2D eigenvalue weighted by Crippen LogP contribution is 2.40. The van der Waals surface area contributed by atoms with Gasteiger partial charge in [-0.15, -0.1) is 0 Å². The van der Waals surface area contributed by atoms with Gasteiger partial charge in [-0.2, -0.15) is 0 Å². The second-order valence-corrected chi connectivity index (χ2v) is 5.78. The Bertz CT molecular complexity index is 391. The number of rotatable bonds is 5. The summed E-state index contributed by atoms with van der Waals surface area (Å²) in [6.45, 7) is 1.83. The first-order chi connectivity index (χ1) is 8.15. The lowest BCUT2D eigenvalue weighted by atomic mass is 9.68. The molecule has 1 aromatic rings. The molecule has 1 fully saturated rings. The van der Waals surface area contributed by atoms with E-state index in [-0.39, 0.29) is 5.82 Å². The van der Waals surface area contributed by atoms with E-state index in [2.05, 4.69) is 26.6 Å². The lowest BCUT2D eigenvalue weighted by molar-refractivity contribution is 0.151. The van der Waals surface area contributed by atoms with Crippen molar-refractivity contribution >= 4 is 21.6 Å². The van der Waals surface area contributed by atoms with Gasteiger partial charge in [0.2, 0.25) is 0 Å². The Balaban J connectivity index is 1.99. The highest BCUT2D eigenvalue weighted by atomic mass is 79.9. The minimum Gasteiger partial charge on any atom is -0.382 e. The first-order valence-electron chi connectivity index (χ1n) is 5.99. The average molecular weight is 301 g/mol. The minimum absolute atomic E-state index is 0.188. The zero-order chi connectivity index (χ0) is 12.3. The number of benzene rings is 1. The topological polar surface area (TPSA) is 24.1 Å². The largest absolute Gasteiger partial charge is 0.382 e. The highest BCUT2D eigenvalue weighted by molar-refractivity contribution is 9.10. The Hall–Kier alpha value is -0.610. The maximum atomic E-state index is 13.6. The van der Waals surface area contributed by atoms with Gasteiger partial charge in [0.25, 0.3) is 0 Å². The molecule has 0 aliphatic heterocycles. The molecule has 2 rings (SSSR count). The van der Waals surface area contributed by atoms with Crippen molar-refractivity contribution in [3.05, 3.63) is 28.5 Å². The summed E-state index contributed by atoms with van der Waals surface area (Å²) in [4.78, 5) is 0. The number of hydrogen-bond acceptors (Lipinski definition) is 2. The van der Waals surface area contributed by atoms with Gasteiger partial charge in [0.15, 0.2) is 0 Å². The van der Waals surface area contributed by atoms with Gasteiger partial charge in [0.1, 0.15) is 5.82 Å². The third-order valence-corrected chi connectivity index (χ3v) is 4.04. The predicted molar refractivity (Wildman–Crippen MR) is 72.8 cm³/mol. The van der Waals surface area contributed by atoms with Gasteiger partial charge >= 0.3 is 0 Å². The molecular weight excluding hydrogens is 283 g/mol. The first kappa shape index (κ1) is 12.8. The van der Waals surface area contributed by atoms with E-state index in [9.17, 15) is 4.39 Å². The second kappa shape index (κ2) is 5.36. The zero-order valence-electron chi connectivity index (χ0n) is 10.0. The maximum absolute atomic E-state index is 13.6. The fraction of sp³-hybridized carbons (Fsp3) is 0.538. The van der Waals surface area contributed by atoms with Gasteiger partial charge in [0, 0.05) is 23.0 Å². The van der Waals surface area contributed by atoms with Crippen LogP contribution in [-0.4, -0.2) is 20.1 Å². The summed E-state index contributed by atoms with van der Waals surface area (Å²) in [7, 11) is 1.97. The van der Waals surface area contributed by atoms with Crippen LogP contribution in [0.15, 0.2) is 22.7 Å².